The van der Waals surface area contributed by atoms with Crippen molar-refractivity contribution < 1.29 is 28.5 Å². The van der Waals surface area contributed by atoms with Gasteiger partial charge in [0.05, 0.1) is 7.11 Å². The minimum atomic E-state index is -1.09. The topological polar surface area (TPSA) is 83.4 Å². The lowest BCUT2D eigenvalue weighted by Gasteiger charge is -2.45. The summed E-state index contributed by atoms with van der Waals surface area (Å²) in [4.78, 5) is 30.5. The lowest BCUT2D eigenvalue weighted by molar-refractivity contribution is -0.173. The maximum atomic E-state index is 13.0. The number of hydrogen-bond acceptors (Lipinski definition) is 7. The maximum Gasteiger partial charge on any atom is 0.340 e. The fraction of sp³-hybridized carbons (Fsp3) is 0.609. The van der Waals surface area contributed by atoms with Gasteiger partial charge in [0.15, 0.2) is 17.2 Å². The largest absolute Gasteiger partial charge is 0.481 e. The van der Waals surface area contributed by atoms with Gasteiger partial charge in [-0.25, -0.2) is 14.6 Å². The van der Waals surface area contributed by atoms with Crippen LogP contribution in [0.15, 0.2) is 35.3 Å². The van der Waals surface area contributed by atoms with Gasteiger partial charge < -0.3 is 18.9 Å². The van der Waals surface area contributed by atoms with E-state index >= 15 is 0 Å². The van der Waals surface area contributed by atoms with Crippen molar-refractivity contribution in [3.63, 3.8) is 0 Å². The van der Waals surface area contributed by atoms with Crippen molar-refractivity contribution in [2.24, 2.45) is 10.4 Å². The van der Waals surface area contributed by atoms with Gasteiger partial charge >= 0.3 is 11.9 Å². The first-order valence-electron chi connectivity index (χ1n) is 10.2. The van der Waals surface area contributed by atoms with E-state index in [0.717, 1.165) is 5.56 Å². The second kappa shape index (κ2) is 8.02. The highest BCUT2D eigenvalue weighted by atomic mass is 16.6. The van der Waals surface area contributed by atoms with Crippen molar-refractivity contribution in [3.8, 4) is 0 Å². The summed E-state index contributed by atoms with van der Waals surface area (Å²) in [5.41, 5.74) is -1.73. The highest BCUT2D eigenvalue weighted by Gasteiger charge is 2.59. The Labute approximate surface area is 177 Å². The van der Waals surface area contributed by atoms with Crippen LogP contribution in [0.2, 0.25) is 0 Å². The number of aliphatic imine (C=N–C) groups is 1. The van der Waals surface area contributed by atoms with Crippen LogP contribution < -0.4 is 0 Å². The predicted octanol–water partition coefficient (Wildman–Crippen LogP) is 3.62. The molecule has 1 aliphatic carbocycles. The summed E-state index contributed by atoms with van der Waals surface area (Å²) in [7, 11) is 3.00. The summed E-state index contributed by atoms with van der Waals surface area (Å²) in [6.07, 6.45) is -0.0651. The Morgan fingerprint density at radius 3 is 2.47 bits per heavy atom. The number of hydrogen-bond donors (Lipinski definition) is 0. The van der Waals surface area contributed by atoms with E-state index in [1.807, 2.05) is 58.0 Å². The standard InChI is InChI=1S/C23H31NO6/c1-21(2,3)22(4)19(28-6)24-23(20(26)30-22)13-12-16(14-23)29-18(25)17(27-5)15-10-8-7-9-11-15/h7-11,16-17H,12-14H2,1-6H3/t16-,17?,22+,23+/m1/s1. The quantitative estimate of drug-likeness (QED) is 0.696. The molecule has 7 nitrogen and oxygen atoms in total. The number of carbonyl (C=O) groups is 2. The normalized spacial score (nSPS) is 29.9. The Balaban J connectivity index is 1.78. The van der Waals surface area contributed by atoms with E-state index in [0.29, 0.717) is 18.7 Å². The summed E-state index contributed by atoms with van der Waals surface area (Å²) in [5, 5.41) is 0. The monoisotopic (exact) mass is 417 g/mol. The molecular formula is C23H31NO6. The Kier molecular flexibility index (Phi) is 5.96. The Hall–Kier alpha value is -2.41. The number of benzene rings is 1. The molecule has 1 spiro atoms. The molecule has 1 aromatic carbocycles. The van der Waals surface area contributed by atoms with Crippen LogP contribution in [0.3, 0.4) is 0 Å². The van der Waals surface area contributed by atoms with Gasteiger partial charge in [0.1, 0.15) is 6.10 Å². The molecule has 1 aromatic rings. The molecule has 0 bridgehead atoms. The van der Waals surface area contributed by atoms with Crippen molar-refractivity contribution in [2.75, 3.05) is 14.2 Å². The van der Waals surface area contributed by atoms with Crippen molar-refractivity contribution >= 4 is 17.8 Å². The fourth-order valence-corrected chi connectivity index (χ4v) is 3.98. The number of carbonyl (C=O) groups excluding carboxylic acids is 2. The van der Waals surface area contributed by atoms with E-state index in [9.17, 15) is 9.59 Å². The minimum absolute atomic E-state index is 0.260. The number of nitrogens with zero attached hydrogens (tertiary/aromatic N) is 1. The first kappa shape index (κ1) is 22.3. The van der Waals surface area contributed by atoms with Crippen molar-refractivity contribution in [3.05, 3.63) is 35.9 Å². The lowest BCUT2D eigenvalue weighted by atomic mass is 9.76. The molecule has 1 unspecified atom stereocenters. The smallest absolute Gasteiger partial charge is 0.340 e. The van der Waals surface area contributed by atoms with Crippen LogP contribution in [0.5, 0.6) is 0 Å². The summed E-state index contributed by atoms with van der Waals surface area (Å²) in [6.45, 7) is 7.73. The van der Waals surface area contributed by atoms with Gasteiger partial charge in [-0.05, 0) is 25.3 Å². The molecule has 1 saturated carbocycles. The first-order chi connectivity index (χ1) is 14.1. The molecular weight excluding hydrogens is 386 g/mol. The fourth-order valence-electron chi connectivity index (χ4n) is 3.98. The van der Waals surface area contributed by atoms with Gasteiger partial charge in [0.25, 0.3) is 0 Å². The van der Waals surface area contributed by atoms with Gasteiger partial charge in [-0.2, -0.15) is 0 Å². The average molecular weight is 418 g/mol. The summed E-state index contributed by atoms with van der Waals surface area (Å²) >= 11 is 0. The van der Waals surface area contributed by atoms with Crippen LogP contribution in [0.4, 0.5) is 0 Å². The maximum absolute atomic E-state index is 13.0. The average Bonchev–Trinajstić information content (AvgIpc) is 3.09. The van der Waals surface area contributed by atoms with Crippen molar-refractivity contribution in [2.45, 2.75) is 70.3 Å². The molecule has 0 amide bonds. The molecule has 2 aliphatic rings. The molecule has 0 saturated heterocycles. The van der Waals surface area contributed by atoms with Crippen molar-refractivity contribution in [1.82, 2.24) is 0 Å². The second-order valence-corrected chi connectivity index (χ2v) is 9.15. The number of rotatable bonds is 4. The van der Waals surface area contributed by atoms with Crippen LogP contribution >= 0.6 is 0 Å². The third-order valence-electron chi connectivity index (χ3n) is 6.31. The van der Waals surface area contributed by atoms with E-state index in [1.165, 1.54) is 14.2 Å². The molecule has 0 N–H and O–H groups in total. The second-order valence-electron chi connectivity index (χ2n) is 9.15. The minimum Gasteiger partial charge on any atom is -0.481 e. The van der Waals surface area contributed by atoms with Gasteiger partial charge in [0, 0.05) is 18.9 Å². The molecule has 3 rings (SSSR count). The zero-order valence-electron chi connectivity index (χ0n) is 18.6. The van der Waals surface area contributed by atoms with Crippen LogP contribution in [0, 0.1) is 5.41 Å². The van der Waals surface area contributed by atoms with Crippen molar-refractivity contribution in [1.29, 1.82) is 0 Å². The SMILES string of the molecule is COC1=N[C@]2(CC[C@@H](OC(=O)C(OC)c3ccccc3)C2)C(=O)O[C@]1(C)C(C)(C)C. The van der Waals surface area contributed by atoms with E-state index in [4.69, 9.17) is 23.9 Å². The Morgan fingerprint density at radius 1 is 1.23 bits per heavy atom. The van der Waals surface area contributed by atoms with E-state index < -0.39 is 40.7 Å². The molecule has 30 heavy (non-hydrogen) atoms. The summed E-state index contributed by atoms with van der Waals surface area (Å²) in [6, 6.07) is 9.17. The molecule has 1 aliphatic heterocycles. The molecule has 164 valence electrons. The predicted molar refractivity (Wildman–Crippen MR) is 111 cm³/mol. The first-order valence-corrected chi connectivity index (χ1v) is 10.2. The van der Waals surface area contributed by atoms with Crippen LogP contribution in [-0.4, -0.2) is 49.3 Å². The van der Waals surface area contributed by atoms with Crippen LogP contribution in [-0.2, 0) is 28.5 Å². The summed E-state index contributed by atoms with van der Waals surface area (Å²) < 4.78 is 22.5. The Bertz CT molecular complexity index is 830. The Morgan fingerprint density at radius 2 is 1.90 bits per heavy atom. The number of methoxy groups -OCH3 is 2. The third kappa shape index (κ3) is 3.83. The van der Waals surface area contributed by atoms with Gasteiger partial charge in [-0.15, -0.1) is 0 Å². The molecule has 0 radical (unpaired) electrons. The summed E-state index contributed by atoms with van der Waals surface area (Å²) in [5.74, 6) is -0.489. The zero-order valence-corrected chi connectivity index (χ0v) is 18.6. The highest BCUT2D eigenvalue weighted by molar-refractivity contribution is 5.97. The number of esters is 2. The van der Waals surface area contributed by atoms with Crippen LogP contribution in [0.1, 0.15) is 58.6 Å². The molecule has 1 fully saturated rings. The number of cyclic esters (lactones) is 1. The van der Waals surface area contributed by atoms with E-state index in [2.05, 4.69) is 0 Å². The lowest BCUT2D eigenvalue weighted by Crippen LogP contribution is -2.59. The van der Waals surface area contributed by atoms with Gasteiger partial charge in [0.2, 0.25) is 5.90 Å². The third-order valence-corrected chi connectivity index (χ3v) is 6.31. The van der Waals surface area contributed by atoms with E-state index in [-0.39, 0.29) is 6.42 Å². The molecule has 7 heteroatoms. The van der Waals surface area contributed by atoms with Gasteiger partial charge in [-0.1, -0.05) is 51.1 Å². The highest BCUT2D eigenvalue weighted by Crippen LogP contribution is 2.46. The number of ether oxygens (including phenoxy) is 4. The van der Waals surface area contributed by atoms with Gasteiger partial charge in [-0.3, -0.25) is 0 Å². The molecule has 1 heterocycles. The zero-order chi connectivity index (χ0) is 22.2. The molecule has 4 atom stereocenters. The van der Waals surface area contributed by atoms with E-state index in [1.54, 1.807) is 0 Å². The van der Waals surface area contributed by atoms with Crippen LogP contribution in [0.25, 0.3) is 0 Å². The molecule has 0 aromatic heterocycles.